The lowest BCUT2D eigenvalue weighted by atomic mass is 10.1. The fraction of sp³-hybridized carbons (Fsp3) is 0.312. The molecule has 0 saturated carbocycles. The van der Waals surface area contributed by atoms with Crippen LogP contribution in [0.4, 0.5) is 0 Å². The van der Waals surface area contributed by atoms with Crippen molar-refractivity contribution in [1.82, 2.24) is 4.98 Å². The minimum Gasteiger partial charge on any atom is -0.439 e. The summed E-state index contributed by atoms with van der Waals surface area (Å²) < 4.78 is 5.75. The van der Waals surface area contributed by atoms with E-state index in [1.807, 2.05) is 13.0 Å². The number of halogens is 2. The smallest absolute Gasteiger partial charge is 0.222 e. The van der Waals surface area contributed by atoms with Gasteiger partial charge in [0.15, 0.2) is 0 Å². The Morgan fingerprint density at radius 2 is 1.86 bits per heavy atom. The third kappa shape index (κ3) is 4.60. The molecule has 0 aliphatic rings. The lowest BCUT2D eigenvalue weighted by Gasteiger charge is -2.12. The molecule has 2 aromatic rings. The van der Waals surface area contributed by atoms with Crippen LogP contribution in [0.5, 0.6) is 11.6 Å². The van der Waals surface area contributed by atoms with Gasteiger partial charge in [-0.25, -0.2) is 4.98 Å². The standard InChI is InChI=1S/C16H18Cl2N2O/c1-3-14(19)5-11-4-10(2)16(20-9-11)21-15-7-12(17)6-13(18)8-15/h4,6-9,14H,3,5,19H2,1-2H3. The number of rotatable bonds is 5. The van der Waals surface area contributed by atoms with Crippen LogP contribution >= 0.6 is 23.2 Å². The van der Waals surface area contributed by atoms with Crippen LogP contribution in [-0.2, 0) is 6.42 Å². The van der Waals surface area contributed by atoms with E-state index < -0.39 is 0 Å². The normalized spacial score (nSPS) is 12.2. The summed E-state index contributed by atoms with van der Waals surface area (Å²) in [7, 11) is 0. The Kier molecular flexibility index (Phi) is 5.45. The lowest BCUT2D eigenvalue weighted by Crippen LogP contribution is -2.21. The summed E-state index contributed by atoms with van der Waals surface area (Å²) >= 11 is 11.9. The van der Waals surface area contributed by atoms with Crippen molar-refractivity contribution < 1.29 is 4.74 Å². The molecule has 21 heavy (non-hydrogen) atoms. The van der Waals surface area contributed by atoms with E-state index >= 15 is 0 Å². The number of hydrogen-bond donors (Lipinski definition) is 1. The second-order valence-corrected chi connectivity index (χ2v) is 5.92. The molecule has 0 saturated heterocycles. The van der Waals surface area contributed by atoms with Crippen LogP contribution < -0.4 is 10.5 Å². The van der Waals surface area contributed by atoms with Crippen molar-refractivity contribution >= 4 is 23.2 Å². The van der Waals surface area contributed by atoms with Gasteiger partial charge in [0.25, 0.3) is 0 Å². The second-order valence-electron chi connectivity index (χ2n) is 5.05. The number of aromatic nitrogens is 1. The van der Waals surface area contributed by atoms with Crippen LogP contribution in [0.15, 0.2) is 30.5 Å². The number of ether oxygens (including phenoxy) is 1. The van der Waals surface area contributed by atoms with E-state index in [1.165, 1.54) is 0 Å². The first-order chi connectivity index (χ1) is 9.97. The van der Waals surface area contributed by atoms with E-state index in [1.54, 1.807) is 24.4 Å². The molecule has 3 nitrogen and oxygen atoms in total. The number of nitrogens with two attached hydrogens (primary N) is 1. The molecule has 1 aromatic carbocycles. The molecular weight excluding hydrogens is 307 g/mol. The molecule has 5 heteroatoms. The number of benzene rings is 1. The highest BCUT2D eigenvalue weighted by Gasteiger charge is 2.08. The summed E-state index contributed by atoms with van der Waals surface area (Å²) in [6.45, 7) is 4.03. The predicted octanol–water partition coefficient (Wildman–Crippen LogP) is 4.77. The quantitative estimate of drug-likeness (QED) is 0.861. The van der Waals surface area contributed by atoms with E-state index in [2.05, 4.69) is 11.9 Å². The maximum Gasteiger partial charge on any atom is 0.222 e. The molecule has 2 rings (SSSR count). The van der Waals surface area contributed by atoms with Crippen LogP contribution in [0.2, 0.25) is 10.0 Å². The first-order valence-electron chi connectivity index (χ1n) is 6.83. The van der Waals surface area contributed by atoms with Gasteiger partial charge < -0.3 is 10.5 Å². The zero-order valence-electron chi connectivity index (χ0n) is 12.1. The number of aryl methyl sites for hydroxylation is 1. The highest BCUT2D eigenvalue weighted by atomic mass is 35.5. The first-order valence-corrected chi connectivity index (χ1v) is 7.58. The maximum atomic E-state index is 5.96. The van der Waals surface area contributed by atoms with Gasteiger partial charge in [0, 0.05) is 27.8 Å². The van der Waals surface area contributed by atoms with Crippen molar-refractivity contribution in [3.8, 4) is 11.6 Å². The van der Waals surface area contributed by atoms with Gasteiger partial charge in [-0.05, 0) is 49.6 Å². The summed E-state index contributed by atoms with van der Waals surface area (Å²) in [5, 5.41) is 1.06. The zero-order chi connectivity index (χ0) is 15.4. The van der Waals surface area contributed by atoms with E-state index in [4.69, 9.17) is 33.7 Å². The number of nitrogens with zero attached hydrogens (tertiary/aromatic N) is 1. The van der Waals surface area contributed by atoms with E-state index in [-0.39, 0.29) is 6.04 Å². The Labute approximate surface area is 135 Å². The van der Waals surface area contributed by atoms with Gasteiger partial charge in [-0.2, -0.15) is 0 Å². The van der Waals surface area contributed by atoms with Gasteiger partial charge >= 0.3 is 0 Å². The summed E-state index contributed by atoms with van der Waals surface area (Å²) in [4.78, 5) is 4.36. The molecule has 0 amide bonds. The fourth-order valence-corrected chi connectivity index (χ4v) is 2.49. The van der Waals surface area contributed by atoms with E-state index in [0.717, 1.165) is 24.0 Å². The molecule has 0 aliphatic carbocycles. The molecule has 0 bridgehead atoms. The number of hydrogen-bond acceptors (Lipinski definition) is 3. The predicted molar refractivity (Wildman–Crippen MR) is 87.5 cm³/mol. The van der Waals surface area contributed by atoms with Gasteiger partial charge in [0.05, 0.1) is 0 Å². The zero-order valence-corrected chi connectivity index (χ0v) is 13.6. The van der Waals surface area contributed by atoms with Crippen molar-refractivity contribution in [2.75, 3.05) is 0 Å². The Hall–Kier alpha value is -1.29. The summed E-state index contributed by atoms with van der Waals surface area (Å²) in [5.41, 5.74) is 8.02. The molecule has 0 spiro atoms. The van der Waals surface area contributed by atoms with Crippen LogP contribution in [0.25, 0.3) is 0 Å². The van der Waals surface area contributed by atoms with Crippen molar-refractivity contribution in [3.63, 3.8) is 0 Å². The van der Waals surface area contributed by atoms with Crippen molar-refractivity contribution in [3.05, 3.63) is 51.6 Å². The molecule has 1 aromatic heterocycles. The second kappa shape index (κ2) is 7.12. The van der Waals surface area contributed by atoms with Gasteiger partial charge in [-0.1, -0.05) is 30.1 Å². The van der Waals surface area contributed by atoms with E-state index in [9.17, 15) is 0 Å². The molecule has 0 fully saturated rings. The topological polar surface area (TPSA) is 48.1 Å². The third-order valence-corrected chi connectivity index (χ3v) is 3.60. The first kappa shape index (κ1) is 16.1. The molecular formula is C16H18Cl2N2O. The van der Waals surface area contributed by atoms with Crippen LogP contribution in [0.3, 0.4) is 0 Å². The molecule has 0 radical (unpaired) electrons. The van der Waals surface area contributed by atoms with Crippen LogP contribution in [-0.4, -0.2) is 11.0 Å². The Morgan fingerprint density at radius 1 is 1.19 bits per heavy atom. The minimum absolute atomic E-state index is 0.157. The monoisotopic (exact) mass is 324 g/mol. The maximum absolute atomic E-state index is 5.96. The van der Waals surface area contributed by atoms with E-state index in [0.29, 0.717) is 21.7 Å². The number of pyridine rings is 1. The summed E-state index contributed by atoms with van der Waals surface area (Å²) in [6.07, 6.45) is 3.55. The summed E-state index contributed by atoms with van der Waals surface area (Å²) in [5.74, 6) is 1.11. The largest absolute Gasteiger partial charge is 0.439 e. The molecule has 1 unspecified atom stereocenters. The highest BCUT2D eigenvalue weighted by Crippen LogP contribution is 2.29. The third-order valence-electron chi connectivity index (χ3n) is 3.16. The molecule has 0 aliphatic heterocycles. The van der Waals surface area contributed by atoms with Gasteiger partial charge in [-0.15, -0.1) is 0 Å². The molecule has 1 heterocycles. The fourth-order valence-electron chi connectivity index (χ4n) is 1.99. The minimum atomic E-state index is 0.157. The van der Waals surface area contributed by atoms with Gasteiger partial charge in [-0.3, -0.25) is 0 Å². The van der Waals surface area contributed by atoms with Gasteiger partial charge in [0.1, 0.15) is 5.75 Å². The Morgan fingerprint density at radius 3 is 2.43 bits per heavy atom. The molecule has 112 valence electrons. The molecule has 1 atom stereocenters. The molecule has 2 N–H and O–H groups in total. The average molecular weight is 325 g/mol. The van der Waals surface area contributed by atoms with Crippen molar-refractivity contribution in [2.45, 2.75) is 32.7 Å². The van der Waals surface area contributed by atoms with Crippen molar-refractivity contribution in [1.29, 1.82) is 0 Å². The SMILES string of the molecule is CCC(N)Cc1cnc(Oc2cc(Cl)cc(Cl)c2)c(C)c1. The average Bonchev–Trinajstić information content (AvgIpc) is 2.40. The Bertz CT molecular complexity index is 611. The van der Waals surface area contributed by atoms with Crippen LogP contribution in [0.1, 0.15) is 24.5 Å². The van der Waals surface area contributed by atoms with Crippen LogP contribution in [0, 0.1) is 6.92 Å². The Balaban J connectivity index is 2.17. The highest BCUT2D eigenvalue weighted by molar-refractivity contribution is 6.34. The van der Waals surface area contributed by atoms with Gasteiger partial charge in [0.2, 0.25) is 5.88 Å². The van der Waals surface area contributed by atoms with Crippen molar-refractivity contribution in [2.24, 2.45) is 5.73 Å². The lowest BCUT2D eigenvalue weighted by molar-refractivity contribution is 0.458. The summed E-state index contributed by atoms with van der Waals surface area (Å²) in [6, 6.07) is 7.27.